The molecule has 0 aliphatic carbocycles. The van der Waals surface area contributed by atoms with Crippen molar-refractivity contribution in [2.45, 2.75) is 20.0 Å². The van der Waals surface area contributed by atoms with Gasteiger partial charge in [-0.2, -0.15) is 0 Å². The van der Waals surface area contributed by atoms with Crippen molar-refractivity contribution in [1.29, 1.82) is 0 Å². The van der Waals surface area contributed by atoms with Crippen molar-refractivity contribution >= 4 is 12.3 Å². The van der Waals surface area contributed by atoms with Crippen LogP contribution in [0.4, 0.5) is 0 Å². The molecule has 0 aliphatic heterocycles. The van der Waals surface area contributed by atoms with Gasteiger partial charge in [-0.3, -0.25) is 4.79 Å². The Morgan fingerprint density at radius 3 is 2.50 bits per heavy atom. The predicted molar refractivity (Wildman–Crippen MR) is 58.6 cm³/mol. The molecule has 4 nitrogen and oxygen atoms in total. The lowest BCUT2D eigenvalue weighted by Gasteiger charge is -2.13. The summed E-state index contributed by atoms with van der Waals surface area (Å²) in [4.78, 5) is 21.7. The summed E-state index contributed by atoms with van der Waals surface area (Å²) >= 11 is 0. The van der Waals surface area contributed by atoms with E-state index in [1.54, 1.807) is 38.1 Å². The summed E-state index contributed by atoms with van der Waals surface area (Å²) in [6.07, 6.45) is 0.0977. The molecule has 1 aromatic rings. The first-order valence-electron chi connectivity index (χ1n) is 5.06. The second-order valence-electron chi connectivity index (χ2n) is 3.20. The molecule has 0 heterocycles. The lowest BCUT2D eigenvalue weighted by atomic mass is 10.2. The zero-order chi connectivity index (χ0) is 12.0. The van der Waals surface area contributed by atoms with Crippen LogP contribution in [0.2, 0.25) is 0 Å². The van der Waals surface area contributed by atoms with Crippen LogP contribution in [0, 0.1) is 0 Å². The van der Waals surface area contributed by atoms with E-state index in [1.807, 2.05) is 0 Å². The number of hydrogen-bond acceptors (Lipinski definition) is 4. The van der Waals surface area contributed by atoms with E-state index in [0.717, 1.165) is 6.29 Å². The predicted octanol–water partition coefficient (Wildman–Crippen LogP) is 1.83. The third-order valence-corrected chi connectivity index (χ3v) is 1.95. The maximum atomic E-state index is 11.3. The SMILES string of the molecule is CCOC(=O)[C@@H](C)Oc1ccc(C=O)cc1. The Hall–Kier alpha value is -1.84. The van der Waals surface area contributed by atoms with Gasteiger partial charge in [0.2, 0.25) is 0 Å². The molecule has 0 bridgehead atoms. The zero-order valence-electron chi connectivity index (χ0n) is 9.30. The largest absolute Gasteiger partial charge is 0.479 e. The highest BCUT2D eigenvalue weighted by molar-refractivity contribution is 5.75. The van der Waals surface area contributed by atoms with Crippen LogP contribution in [0.1, 0.15) is 24.2 Å². The van der Waals surface area contributed by atoms with Gasteiger partial charge in [0.05, 0.1) is 6.61 Å². The van der Waals surface area contributed by atoms with Gasteiger partial charge in [-0.05, 0) is 38.1 Å². The summed E-state index contributed by atoms with van der Waals surface area (Å²) in [5, 5.41) is 0. The molecule has 0 aromatic heterocycles. The summed E-state index contributed by atoms with van der Waals surface area (Å²) < 4.78 is 10.1. The summed E-state index contributed by atoms with van der Waals surface area (Å²) in [6.45, 7) is 3.69. The molecule has 0 unspecified atom stereocenters. The first-order chi connectivity index (χ1) is 7.67. The molecule has 16 heavy (non-hydrogen) atoms. The number of hydrogen-bond donors (Lipinski definition) is 0. The summed E-state index contributed by atoms with van der Waals surface area (Å²) in [5.41, 5.74) is 0.566. The summed E-state index contributed by atoms with van der Waals surface area (Å²) in [5.74, 6) is 0.133. The van der Waals surface area contributed by atoms with Crippen molar-refractivity contribution in [3.05, 3.63) is 29.8 Å². The highest BCUT2D eigenvalue weighted by Crippen LogP contribution is 2.13. The number of benzene rings is 1. The number of carbonyl (C=O) groups excluding carboxylic acids is 2. The zero-order valence-corrected chi connectivity index (χ0v) is 9.30. The van der Waals surface area contributed by atoms with E-state index >= 15 is 0 Å². The van der Waals surface area contributed by atoms with Gasteiger partial charge in [0, 0.05) is 5.56 Å². The maximum absolute atomic E-state index is 11.3. The Bertz CT molecular complexity index is 356. The van der Waals surface area contributed by atoms with E-state index in [-0.39, 0.29) is 0 Å². The third kappa shape index (κ3) is 3.38. The molecule has 1 atom stereocenters. The molecule has 0 fully saturated rings. The number of rotatable bonds is 5. The monoisotopic (exact) mass is 222 g/mol. The number of ether oxygens (including phenoxy) is 2. The van der Waals surface area contributed by atoms with Crippen LogP contribution in [0.5, 0.6) is 5.75 Å². The summed E-state index contributed by atoms with van der Waals surface area (Å²) in [7, 11) is 0. The molecule has 4 heteroatoms. The van der Waals surface area contributed by atoms with E-state index < -0.39 is 12.1 Å². The molecular weight excluding hydrogens is 208 g/mol. The summed E-state index contributed by atoms with van der Waals surface area (Å²) in [6, 6.07) is 6.53. The first-order valence-corrected chi connectivity index (χ1v) is 5.06. The maximum Gasteiger partial charge on any atom is 0.347 e. The number of aldehydes is 1. The second-order valence-corrected chi connectivity index (χ2v) is 3.20. The average Bonchev–Trinajstić information content (AvgIpc) is 2.30. The van der Waals surface area contributed by atoms with E-state index in [2.05, 4.69) is 0 Å². The minimum atomic E-state index is -0.651. The van der Waals surface area contributed by atoms with Crippen molar-refractivity contribution < 1.29 is 19.1 Å². The fourth-order valence-corrected chi connectivity index (χ4v) is 1.14. The average molecular weight is 222 g/mol. The van der Waals surface area contributed by atoms with Crippen LogP contribution in [-0.4, -0.2) is 25.0 Å². The van der Waals surface area contributed by atoms with Gasteiger partial charge in [0.1, 0.15) is 12.0 Å². The van der Waals surface area contributed by atoms with E-state index in [4.69, 9.17) is 9.47 Å². The van der Waals surface area contributed by atoms with Gasteiger partial charge >= 0.3 is 5.97 Å². The van der Waals surface area contributed by atoms with Crippen LogP contribution in [0.15, 0.2) is 24.3 Å². The molecule has 1 aromatic carbocycles. The highest BCUT2D eigenvalue weighted by atomic mass is 16.6. The van der Waals surface area contributed by atoms with Crippen LogP contribution in [-0.2, 0) is 9.53 Å². The minimum absolute atomic E-state index is 0.330. The molecule has 0 spiro atoms. The van der Waals surface area contributed by atoms with Gasteiger partial charge in [-0.25, -0.2) is 4.79 Å². The normalized spacial score (nSPS) is 11.6. The Labute approximate surface area is 94.2 Å². The molecule has 1 rings (SSSR count). The fourth-order valence-electron chi connectivity index (χ4n) is 1.14. The van der Waals surface area contributed by atoms with Crippen LogP contribution in [0.3, 0.4) is 0 Å². The lowest BCUT2D eigenvalue weighted by Crippen LogP contribution is -2.26. The van der Waals surface area contributed by atoms with Gasteiger partial charge in [0.15, 0.2) is 6.10 Å². The van der Waals surface area contributed by atoms with Crippen LogP contribution >= 0.6 is 0 Å². The second kappa shape index (κ2) is 5.90. The molecule has 0 amide bonds. The first kappa shape index (κ1) is 12.2. The van der Waals surface area contributed by atoms with Crippen LogP contribution in [0.25, 0.3) is 0 Å². The Morgan fingerprint density at radius 1 is 1.38 bits per heavy atom. The van der Waals surface area contributed by atoms with Crippen LogP contribution < -0.4 is 4.74 Å². The Morgan fingerprint density at radius 2 is 2.00 bits per heavy atom. The van der Waals surface area contributed by atoms with Gasteiger partial charge < -0.3 is 9.47 Å². The topological polar surface area (TPSA) is 52.6 Å². The molecule has 0 N–H and O–H groups in total. The molecule has 0 radical (unpaired) electrons. The number of carbonyl (C=O) groups is 2. The smallest absolute Gasteiger partial charge is 0.347 e. The van der Waals surface area contributed by atoms with Crippen molar-refractivity contribution in [1.82, 2.24) is 0 Å². The van der Waals surface area contributed by atoms with Gasteiger partial charge in [0.25, 0.3) is 0 Å². The molecule has 86 valence electrons. The Kier molecular flexibility index (Phi) is 4.51. The molecule has 0 saturated carbocycles. The number of esters is 1. The molecule has 0 aliphatic rings. The van der Waals surface area contributed by atoms with Gasteiger partial charge in [-0.1, -0.05) is 0 Å². The van der Waals surface area contributed by atoms with E-state index in [1.165, 1.54) is 0 Å². The molecule has 0 saturated heterocycles. The van der Waals surface area contributed by atoms with Crippen molar-refractivity contribution in [3.8, 4) is 5.75 Å². The Balaban J connectivity index is 2.58. The van der Waals surface area contributed by atoms with Crippen molar-refractivity contribution in [2.24, 2.45) is 0 Å². The van der Waals surface area contributed by atoms with Crippen molar-refractivity contribution in [3.63, 3.8) is 0 Å². The quantitative estimate of drug-likeness (QED) is 0.563. The third-order valence-electron chi connectivity index (χ3n) is 1.95. The van der Waals surface area contributed by atoms with E-state index in [0.29, 0.717) is 17.9 Å². The molecular formula is C12H14O4. The van der Waals surface area contributed by atoms with Gasteiger partial charge in [-0.15, -0.1) is 0 Å². The minimum Gasteiger partial charge on any atom is -0.479 e. The standard InChI is InChI=1S/C12H14O4/c1-3-15-12(14)9(2)16-11-6-4-10(8-13)5-7-11/h4-9H,3H2,1-2H3/t9-/m1/s1. The van der Waals surface area contributed by atoms with Crippen molar-refractivity contribution in [2.75, 3.05) is 6.61 Å². The lowest BCUT2D eigenvalue weighted by molar-refractivity contribution is -0.150. The fraction of sp³-hybridized carbons (Fsp3) is 0.333. The van der Waals surface area contributed by atoms with E-state index in [9.17, 15) is 9.59 Å². The highest BCUT2D eigenvalue weighted by Gasteiger charge is 2.15.